The molecule has 1 aliphatic heterocycles. The summed E-state index contributed by atoms with van der Waals surface area (Å²) in [6.45, 7) is 0. The maximum atomic E-state index is 11.9. The van der Waals surface area contributed by atoms with Crippen molar-refractivity contribution in [1.29, 1.82) is 0 Å². The normalized spacial score (nSPS) is 19.0. The Morgan fingerprint density at radius 3 is 2.73 bits per heavy atom. The van der Waals surface area contributed by atoms with E-state index in [0.29, 0.717) is 6.42 Å². The van der Waals surface area contributed by atoms with Gasteiger partial charge in [-0.3, -0.25) is 4.79 Å². The summed E-state index contributed by atoms with van der Waals surface area (Å²) < 4.78 is 0. The quantitative estimate of drug-likeness (QED) is 0.755. The van der Waals surface area contributed by atoms with Crippen LogP contribution in [0.1, 0.15) is 16.8 Å². The van der Waals surface area contributed by atoms with Crippen molar-refractivity contribution in [2.45, 2.75) is 12.6 Å². The SMILES string of the molecule is CN1C=CNC1CC(=O)c1ccccc1. The number of nitrogens with zero attached hydrogens (tertiary/aromatic N) is 1. The van der Waals surface area contributed by atoms with Gasteiger partial charge >= 0.3 is 0 Å². The number of hydrogen-bond donors (Lipinski definition) is 1. The molecular weight excluding hydrogens is 188 g/mol. The fourth-order valence-corrected chi connectivity index (χ4v) is 1.61. The van der Waals surface area contributed by atoms with E-state index in [2.05, 4.69) is 5.32 Å². The molecule has 1 aromatic carbocycles. The lowest BCUT2D eigenvalue weighted by Gasteiger charge is -2.20. The van der Waals surface area contributed by atoms with Crippen molar-refractivity contribution in [3.8, 4) is 0 Å². The highest BCUT2D eigenvalue weighted by Gasteiger charge is 2.18. The first-order chi connectivity index (χ1) is 7.27. The van der Waals surface area contributed by atoms with Crippen molar-refractivity contribution in [3.05, 3.63) is 48.3 Å². The topological polar surface area (TPSA) is 32.3 Å². The predicted molar refractivity (Wildman–Crippen MR) is 59.2 cm³/mol. The Hall–Kier alpha value is -1.77. The summed E-state index contributed by atoms with van der Waals surface area (Å²) in [5.74, 6) is 0.170. The first-order valence-electron chi connectivity index (χ1n) is 5.00. The molecule has 1 aromatic rings. The van der Waals surface area contributed by atoms with Crippen molar-refractivity contribution in [2.75, 3.05) is 7.05 Å². The number of hydrogen-bond acceptors (Lipinski definition) is 3. The minimum Gasteiger partial charge on any atom is -0.370 e. The van der Waals surface area contributed by atoms with E-state index in [0.717, 1.165) is 5.56 Å². The fraction of sp³-hybridized carbons (Fsp3) is 0.250. The van der Waals surface area contributed by atoms with Gasteiger partial charge in [0.25, 0.3) is 0 Å². The number of ketones is 1. The van der Waals surface area contributed by atoms with Gasteiger partial charge in [0.1, 0.15) is 6.17 Å². The minimum atomic E-state index is 0.0951. The Balaban J connectivity index is 1.99. The molecule has 3 heteroatoms. The van der Waals surface area contributed by atoms with E-state index in [-0.39, 0.29) is 11.9 Å². The molecule has 0 amide bonds. The second-order valence-corrected chi connectivity index (χ2v) is 3.66. The van der Waals surface area contributed by atoms with Gasteiger partial charge in [-0.1, -0.05) is 30.3 Å². The summed E-state index contributed by atoms with van der Waals surface area (Å²) in [4.78, 5) is 13.9. The molecule has 15 heavy (non-hydrogen) atoms. The fourth-order valence-electron chi connectivity index (χ4n) is 1.61. The number of carbonyl (C=O) groups excluding carboxylic acids is 1. The predicted octanol–water partition coefficient (Wildman–Crippen LogP) is 1.59. The lowest BCUT2D eigenvalue weighted by atomic mass is 10.1. The van der Waals surface area contributed by atoms with Crippen LogP contribution in [0.15, 0.2) is 42.7 Å². The molecule has 1 atom stereocenters. The third kappa shape index (κ3) is 2.18. The van der Waals surface area contributed by atoms with E-state index in [4.69, 9.17) is 0 Å². The van der Waals surface area contributed by atoms with Crippen LogP contribution in [-0.4, -0.2) is 23.9 Å². The van der Waals surface area contributed by atoms with Crippen molar-refractivity contribution in [1.82, 2.24) is 10.2 Å². The first-order valence-corrected chi connectivity index (χ1v) is 5.00. The summed E-state index contributed by atoms with van der Waals surface area (Å²) in [6, 6.07) is 9.39. The molecule has 0 bridgehead atoms. The molecule has 0 spiro atoms. The van der Waals surface area contributed by atoms with Gasteiger partial charge in [-0.15, -0.1) is 0 Å². The van der Waals surface area contributed by atoms with E-state index < -0.39 is 0 Å². The molecule has 78 valence electrons. The number of rotatable bonds is 3. The monoisotopic (exact) mass is 202 g/mol. The molecule has 0 saturated carbocycles. The number of benzene rings is 1. The van der Waals surface area contributed by atoms with Crippen LogP contribution < -0.4 is 5.32 Å². The second-order valence-electron chi connectivity index (χ2n) is 3.66. The Bertz CT molecular complexity index is 372. The smallest absolute Gasteiger partial charge is 0.166 e. The van der Waals surface area contributed by atoms with E-state index in [1.807, 2.05) is 54.7 Å². The Kier molecular flexibility index (Phi) is 2.72. The largest absolute Gasteiger partial charge is 0.370 e. The zero-order chi connectivity index (χ0) is 10.7. The lowest BCUT2D eigenvalue weighted by Crippen LogP contribution is -2.34. The number of Topliss-reactive ketones (excluding diaryl/α,β-unsaturated/α-hetero) is 1. The molecule has 0 aliphatic carbocycles. The molecule has 1 N–H and O–H groups in total. The van der Waals surface area contributed by atoms with Gasteiger partial charge in [0.15, 0.2) is 5.78 Å². The van der Waals surface area contributed by atoms with Gasteiger partial charge in [0, 0.05) is 31.4 Å². The highest BCUT2D eigenvalue weighted by molar-refractivity contribution is 5.96. The molecule has 3 nitrogen and oxygen atoms in total. The minimum absolute atomic E-state index is 0.0951. The van der Waals surface area contributed by atoms with Crippen LogP contribution in [0.2, 0.25) is 0 Å². The van der Waals surface area contributed by atoms with Gasteiger partial charge in [0.2, 0.25) is 0 Å². The van der Waals surface area contributed by atoms with Crippen LogP contribution in [-0.2, 0) is 0 Å². The van der Waals surface area contributed by atoms with Gasteiger partial charge in [0.05, 0.1) is 0 Å². The Morgan fingerprint density at radius 2 is 2.13 bits per heavy atom. The van der Waals surface area contributed by atoms with Crippen LogP contribution >= 0.6 is 0 Å². The summed E-state index contributed by atoms with van der Waals surface area (Å²) in [6.07, 6.45) is 4.39. The summed E-state index contributed by atoms with van der Waals surface area (Å²) in [5.41, 5.74) is 0.777. The van der Waals surface area contributed by atoms with Crippen LogP contribution in [0.3, 0.4) is 0 Å². The highest BCUT2D eigenvalue weighted by atomic mass is 16.1. The lowest BCUT2D eigenvalue weighted by molar-refractivity contribution is 0.0949. The molecule has 0 radical (unpaired) electrons. The van der Waals surface area contributed by atoms with Gasteiger partial charge in [-0.2, -0.15) is 0 Å². The molecule has 0 fully saturated rings. The summed E-state index contributed by atoms with van der Waals surface area (Å²) >= 11 is 0. The van der Waals surface area contributed by atoms with Crippen LogP contribution in [0.5, 0.6) is 0 Å². The van der Waals surface area contributed by atoms with Crippen LogP contribution in [0, 0.1) is 0 Å². The standard InChI is InChI=1S/C12H14N2O/c1-14-8-7-13-12(14)9-11(15)10-5-3-2-4-6-10/h2-8,12-13H,9H2,1H3. The maximum Gasteiger partial charge on any atom is 0.166 e. The first kappa shape index (κ1) is 9.77. The van der Waals surface area contributed by atoms with Crippen molar-refractivity contribution < 1.29 is 4.79 Å². The molecule has 2 rings (SSSR count). The molecule has 0 aromatic heterocycles. The highest BCUT2D eigenvalue weighted by Crippen LogP contribution is 2.10. The van der Waals surface area contributed by atoms with E-state index >= 15 is 0 Å². The molecular formula is C12H14N2O. The van der Waals surface area contributed by atoms with Crippen molar-refractivity contribution in [2.24, 2.45) is 0 Å². The third-order valence-electron chi connectivity index (χ3n) is 2.56. The van der Waals surface area contributed by atoms with E-state index in [9.17, 15) is 4.79 Å². The molecule has 1 unspecified atom stereocenters. The average molecular weight is 202 g/mol. The molecule has 1 aliphatic rings. The third-order valence-corrected chi connectivity index (χ3v) is 2.56. The van der Waals surface area contributed by atoms with E-state index in [1.54, 1.807) is 0 Å². The number of nitrogens with one attached hydrogen (secondary N) is 1. The van der Waals surface area contributed by atoms with Crippen molar-refractivity contribution >= 4 is 5.78 Å². The average Bonchev–Trinajstić information content (AvgIpc) is 2.66. The van der Waals surface area contributed by atoms with E-state index in [1.165, 1.54) is 0 Å². The summed E-state index contributed by atoms with van der Waals surface area (Å²) in [5, 5.41) is 3.13. The Morgan fingerprint density at radius 1 is 1.40 bits per heavy atom. The number of carbonyl (C=O) groups is 1. The van der Waals surface area contributed by atoms with Gasteiger partial charge < -0.3 is 10.2 Å². The zero-order valence-corrected chi connectivity index (χ0v) is 8.68. The second kappa shape index (κ2) is 4.17. The van der Waals surface area contributed by atoms with Crippen molar-refractivity contribution in [3.63, 3.8) is 0 Å². The Labute approximate surface area is 89.4 Å². The van der Waals surface area contributed by atoms with Gasteiger partial charge in [-0.25, -0.2) is 0 Å². The molecule has 1 heterocycles. The zero-order valence-electron chi connectivity index (χ0n) is 8.68. The van der Waals surface area contributed by atoms with Gasteiger partial charge in [-0.05, 0) is 0 Å². The van der Waals surface area contributed by atoms with Crippen LogP contribution in [0.4, 0.5) is 0 Å². The van der Waals surface area contributed by atoms with Crippen LogP contribution in [0.25, 0.3) is 0 Å². The maximum absolute atomic E-state index is 11.9. The molecule has 0 saturated heterocycles. The summed E-state index contributed by atoms with van der Waals surface area (Å²) in [7, 11) is 1.96.